The summed E-state index contributed by atoms with van der Waals surface area (Å²) in [4.78, 5) is 46.9. The van der Waals surface area contributed by atoms with Crippen LogP contribution in [-0.4, -0.2) is 37.7 Å². The maximum Gasteiger partial charge on any atom is 0.224 e. The van der Waals surface area contributed by atoms with Gasteiger partial charge in [-0.05, 0) is 54.7 Å². The molecule has 2 aromatic rings. The van der Waals surface area contributed by atoms with Gasteiger partial charge in [-0.3, -0.25) is 19.2 Å². The highest BCUT2D eigenvalue weighted by Gasteiger charge is 2.07. The van der Waals surface area contributed by atoms with Gasteiger partial charge in [-0.2, -0.15) is 0 Å². The maximum atomic E-state index is 12.1. The first-order chi connectivity index (χ1) is 15.9. The summed E-state index contributed by atoms with van der Waals surface area (Å²) in [5.41, 5.74) is 3.41. The highest BCUT2D eigenvalue weighted by atomic mass is 16.2. The summed E-state index contributed by atoms with van der Waals surface area (Å²) in [7, 11) is 3.22. The SMILES string of the molecule is CNC(=O)CCc1ccc(NC(=O)CCCC(=O)Nc2ccc(CCC(=O)NC)cc2)cc1. The summed E-state index contributed by atoms with van der Waals surface area (Å²) in [6.07, 6.45) is 3.04. The Morgan fingerprint density at radius 2 is 0.909 bits per heavy atom. The molecule has 0 saturated carbocycles. The molecule has 0 unspecified atom stereocenters. The lowest BCUT2D eigenvalue weighted by molar-refractivity contribution is -0.121. The van der Waals surface area contributed by atoms with Crippen molar-refractivity contribution in [2.45, 2.75) is 44.9 Å². The first kappa shape index (κ1) is 25.6. The van der Waals surface area contributed by atoms with Crippen molar-refractivity contribution < 1.29 is 19.2 Å². The summed E-state index contributed by atoms with van der Waals surface area (Å²) in [5.74, 6) is -0.319. The number of carbonyl (C=O) groups excluding carboxylic acids is 4. The molecule has 0 fully saturated rings. The van der Waals surface area contributed by atoms with E-state index in [0.29, 0.717) is 43.5 Å². The van der Waals surface area contributed by atoms with Crippen LogP contribution in [0.25, 0.3) is 0 Å². The lowest BCUT2D eigenvalue weighted by atomic mass is 10.1. The van der Waals surface area contributed by atoms with Crippen molar-refractivity contribution in [2.24, 2.45) is 0 Å². The highest BCUT2D eigenvalue weighted by molar-refractivity contribution is 5.93. The second-order valence-corrected chi connectivity index (χ2v) is 7.69. The van der Waals surface area contributed by atoms with Crippen LogP contribution in [0.5, 0.6) is 0 Å². The molecule has 0 radical (unpaired) electrons. The number of hydrogen-bond donors (Lipinski definition) is 4. The summed E-state index contributed by atoms with van der Waals surface area (Å²) < 4.78 is 0. The van der Waals surface area contributed by atoms with Gasteiger partial charge in [0.15, 0.2) is 0 Å². The van der Waals surface area contributed by atoms with Crippen LogP contribution in [0, 0.1) is 0 Å². The number of benzene rings is 2. The molecule has 0 bridgehead atoms. The van der Waals surface area contributed by atoms with Crippen molar-refractivity contribution >= 4 is 35.0 Å². The van der Waals surface area contributed by atoms with E-state index in [9.17, 15) is 19.2 Å². The molecular formula is C25H32N4O4. The second-order valence-electron chi connectivity index (χ2n) is 7.69. The van der Waals surface area contributed by atoms with Gasteiger partial charge in [-0.25, -0.2) is 0 Å². The van der Waals surface area contributed by atoms with Crippen LogP contribution in [0.15, 0.2) is 48.5 Å². The quantitative estimate of drug-likeness (QED) is 0.396. The maximum absolute atomic E-state index is 12.1. The first-order valence-electron chi connectivity index (χ1n) is 11.1. The molecule has 0 heterocycles. The fourth-order valence-corrected chi connectivity index (χ4v) is 3.13. The number of aryl methyl sites for hydroxylation is 2. The first-order valence-corrected chi connectivity index (χ1v) is 11.1. The van der Waals surface area contributed by atoms with E-state index >= 15 is 0 Å². The number of anilines is 2. The van der Waals surface area contributed by atoms with Gasteiger partial charge in [0.25, 0.3) is 0 Å². The molecule has 0 saturated heterocycles. The molecule has 4 amide bonds. The van der Waals surface area contributed by atoms with Crippen LogP contribution in [0.1, 0.15) is 43.2 Å². The van der Waals surface area contributed by atoms with Crippen molar-refractivity contribution in [2.75, 3.05) is 24.7 Å². The number of hydrogen-bond acceptors (Lipinski definition) is 4. The molecule has 0 aromatic heterocycles. The highest BCUT2D eigenvalue weighted by Crippen LogP contribution is 2.14. The topological polar surface area (TPSA) is 116 Å². The van der Waals surface area contributed by atoms with Crippen LogP contribution in [-0.2, 0) is 32.0 Å². The molecule has 0 spiro atoms. The zero-order chi connectivity index (χ0) is 24.1. The second kappa shape index (κ2) is 13.7. The smallest absolute Gasteiger partial charge is 0.224 e. The van der Waals surface area contributed by atoms with E-state index in [1.165, 1.54) is 0 Å². The van der Waals surface area contributed by atoms with Gasteiger partial charge >= 0.3 is 0 Å². The number of carbonyl (C=O) groups is 4. The Morgan fingerprint density at radius 3 is 1.24 bits per heavy atom. The van der Waals surface area contributed by atoms with E-state index in [0.717, 1.165) is 11.1 Å². The van der Waals surface area contributed by atoms with E-state index in [1.807, 2.05) is 48.5 Å². The molecular weight excluding hydrogens is 420 g/mol. The van der Waals surface area contributed by atoms with Gasteiger partial charge in [0.2, 0.25) is 23.6 Å². The van der Waals surface area contributed by atoms with Gasteiger partial charge < -0.3 is 21.3 Å². The Balaban J connectivity index is 1.67. The fraction of sp³-hybridized carbons (Fsp3) is 0.360. The summed E-state index contributed by atoms with van der Waals surface area (Å²) in [6.45, 7) is 0. The summed E-state index contributed by atoms with van der Waals surface area (Å²) in [5, 5.41) is 10.8. The van der Waals surface area contributed by atoms with Crippen molar-refractivity contribution in [1.82, 2.24) is 10.6 Å². The zero-order valence-electron chi connectivity index (χ0n) is 19.2. The largest absolute Gasteiger partial charge is 0.359 e. The summed E-state index contributed by atoms with van der Waals surface area (Å²) >= 11 is 0. The van der Waals surface area contributed by atoms with Crippen molar-refractivity contribution in [3.05, 3.63) is 59.7 Å². The van der Waals surface area contributed by atoms with E-state index in [4.69, 9.17) is 0 Å². The minimum atomic E-state index is -0.152. The third-order valence-electron chi connectivity index (χ3n) is 5.12. The molecule has 4 N–H and O–H groups in total. The minimum absolute atomic E-state index is 0.00806. The zero-order valence-corrected chi connectivity index (χ0v) is 19.2. The molecule has 0 atom stereocenters. The van der Waals surface area contributed by atoms with Crippen molar-refractivity contribution in [3.8, 4) is 0 Å². The Labute approximate surface area is 194 Å². The molecule has 2 aromatic carbocycles. The predicted octanol–water partition coefficient (Wildman–Crippen LogP) is 2.79. The van der Waals surface area contributed by atoms with Gasteiger partial charge in [0.05, 0.1) is 0 Å². The molecule has 33 heavy (non-hydrogen) atoms. The van der Waals surface area contributed by atoms with Crippen LogP contribution in [0.4, 0.5) is 11.4 Å². The predicted molar refractivity (Wildman–Crippen MR) is 129 cm³/mol. The van der Waals surface area contributed by atoms with Gasteiger partial charge in [0, 0.05) is 51.2 Å². The van der Waals surface area contributed by atoms with Gasteiger partial charge in [-0.15, -0.1) is 0 Å². The van der Waals surface area contributed by atoms with Crippen LogP contribution < -0.4 is 21.3 Å². The normalized spacial score (nSPS) is 10.2. The Bertz CT molecular complexity index is 862. The average molecular weight is 453 g/mol. The van der Waals surface area contributed by atoms with Crippen LogP contribution in [0.3, 0.4) is 0 Å². The van der Waals surface area contributed by atoms with Crippen LogP contribution in [0.2, 0.25) is 0 Å². The average Bonchev–Trinajstić information content (AvgIpc) is 2.82. The van der Waals surface area contributed by atoms with Crippen molar-refractivity contribution in [1.29, 1.82) is 0 Å². The molecule has 0 aliphatic rings. The van der Waals surface area contributed by atoms with Crippen molar-refractivity contribution in [3.63, 3.8) is 0 Å². The van der Waals surface area contributed by atoms with Gasteiger partial charge in [0.1, 0.15) is 0 Å². The monoisotopic (exact) mass is 452 g/mol. The fourth-order valence-electron chi connectivity index (χ4n) is 3.13. The number of nitrogens with one attached hydrogen (secondary N) is 4. The van der Waals surface area contributed by atoms with E-state index in [2.05, 4.69) is 21.3 Å². The molecule has 8 nitrogen and oxygen atoms in total. The van der Waals surface area contributed by atoms with E-state index < -0.39 is 0 Å². The van der Waals surface area contributed by atoms with E-state index in [1.54, 1.807) is 14.1 Å². The number of rotatable bonds is 12. The summed E-state index contributed by atoms with van der Waals surface area (Å²) in [6, 6.07) is 14.8. The Kier molecular flexibility index (Phi) is 10.6. The Morgan fingerprint density at radius 1 is 0.545 bits per heavy atom. The molecule has 176 valence electrons. The third-order valence-corrected chi connectivity index (χ3v) is 5.12. The number of amides is 4. The molecule has 8 heteroatoms. The Hall–Kier alpha value is -3.68. The van der Waals surface area contributed by atoms with Crippen LogP contribution >= 0.6 is 0 Å². The molecule has 2 rings (SSSR count). The van der Waals surface area contributed by atoms with E-state index in [-0.39, 0.29) is 36.5 Å². The minimum Gasteiger partial charge on any atom is -0.359 e. The lowest BCUT2D eigenvalue weighted by Crippen LogP contribution is -2.18. The molecule has 0 aliphatic heterocycles. The third kappa shape index (κ3) is 9.99. The van der Waals surface area contributed by atoms with Gasteiger partial charge in [-0.1, -0.05) is 24.3 Å². The lowest BCUT2D eigenvalue weighted by Gasteiger charge is -2.08. The molecule has 0 aliphatic carbocycles. The standard InChI is InChI=1S/C25H32N4O4/c1-26-22(30)16-10-18-6-12-20(13-7-18)28-24(32)4-3-5-25(33)29-21-14-8-19(9-15-21)11-17-23(31)27-2/h6-9,12-15H,3-5,10-11,16-17H2,1-2H3,(H,26,30)(H,27,31)(H,28,32)(H,29,33).